The normalized spacial score (nSPS) is 11.6. The molecule has 2 aromatic rings. The van der Waals surface area contributed by atoms with Crippen LogP contribution in [0.25, 0.3) is 0 Å². The van der Waals surface area contributed by atoms with Crippen molar-refractivity contribution in [3.05, 3.63) is 50.1 Å². The second-order valence-electron chi connectivity index (χ2n) is 5.49. The van der Waals surface area contributed by atoms with Crippen LogP contribution in [0, 0.1) is 0 Å². The SMILES string of the molecule is CC(C)(C)c1ccc(CNc2cc(Cl)ccc2Cl)s1. The predicted octanol–water partition coefficient (Wildman–Crippen LogP) is 5.96. The Labute approximate surface area is 128 Å². The first-order valence-electron chi connectivity index (χ1n) is 6.14. The smallest absolute Gasteiger partial charge is 0.0638 e. The van der Waals surface area contributed by atoms with E-state index in [9.17, 15) is 0 Å². The second-order valence-corrected chi connectivity index (χ2v) is 7.51. The van der Waals surface area contributed by atoms with Crippen molar-refractivity contribution in [3.63, 3.8) is 0 Å². The van der Waals surface area contributed by atoms with Crippen molar-refractivity contribution >= 4 is 40.2 Å². The number of nitrogens with one attached hydrogen (secondary N) is 1. The Balaban J connectivity index is 2.06. The average molecular weight is 314 g/mol. The number of anilines is 1. The maximum absolute atomic E-state index is 6.12. The minimum Gasteiger partial charge on any atom is -0.379 e. The lowest BCUT2D eigenvalue weighted by Crippen LogP contribution is -2.07. The topological polar surface area (TPSA) is 12.0 Å². The molecule has 0 saturated carbocycles. The van der Waals surface area contributed by atoms with E-state index in [2.05, 4.69) is 38.2 Å². The van der Waals surface area contributed by atoms with Gasteiger partial charge < -0.3 is 5.32 Å². The average Bonchev–Trinajstić information content (AvgIpc) is 2.79. The van der Waals surface area contributed by atoms with Gasteiger partial charge in [-0.15, -0.1) is 11.3 Å². The molecule has 0 atom stereocenters. The Bertz CT molecular complexity index is 570. The number of halogens is 2. The Kier molecular flexibility index (Phi) is 4.44. The van der Waals surface area contributed by atoms with Crippen LogP contribution < -0.4 is 5.32 Å². The van der Waals surface area contributed by atoms with Gasteiger partial charge in [-0.1, -0.05) is 44.0 Å². The molecule has 0 aliphatic heterocycles. The van der Waals surface area contributed by atoms with Crippen LogP contribution in [0.3, 0.4) is 0 Å². The molecule has 0 aliphatic rings. The quantitative estimate of drug-likeness (QED) is 0.736. The summed E-state index contributed by atoms with van der Waals surface area (Å²) in [6, 6.07) is 9.80. The molecule has 0 amide bonds. The highest BCUT2D eigenvalue weighted by atomic mass is 35.5. The Morgan fingerprint density at radius 1 is 1.11 bits per heavy atom. The van der Waals surface area contributed by atoms with Crippen molar-refractivity contribution in [2.24, 2.45) is 0 Å². The maximum Gasteiger partial charge on any atom is 0.0638 e. The fourth-order valence-electron chi connectivity index (χ4n) is 1.69. The van der Waals surface area contributed by atoms with Gasteiger partial charge in [0.05, 0.1) is 10.7 Å². The van der Waals surface area contributed by atoms with Gasteiger partial charge in [0, 0.05) is 21.3 Å². The van der Waals surface area contributed by atoms with Gasteiger partial charge in [0.25, 0.3) is 0 Å². The second kappa shape index (κ2) is 5.74. The molecule has 4 heteroatoms. The highest BCUT2D eigenvalue weighted by molar-refractivity contribution is 7.12. The minimum absolute atomic E-state index is 0.205. The molecule has 1 heterocycles. The first kappa shape index (κ1) is 14.7. The number of hydrogen-bond donors (Lipinski definition) is 1. The fourth-order valence-corrected chi connectivity index (χ4v) is 3.05. The predicted molar refractivity (Wildman–Crippen MR) is 86.8 cm³/mol. The molecule has 19 heavy (non-hydrogen) atoms. The van der Waals surface area contributed by atoms with Crippen molar-refractivity contribution in [1.29, 1.82) is 0 Å². The van der Waals surface area contributed by atoms with Crippen LogP contribution in [-0.4, -0.2) is 0 Å². The monoisotopic (exact) mass is 313 g/mol. The summed E-state index contributed by atoms with van der Waals surface area (Å²) >= 11 is 13.9. The third kappa shape index (κ3) is 3.88. The van der Waals surface area contributed by atoms with Gasteiger partial charge in [-0.2, -0.15) is 0 Å². The molecule has 0 radical (unpaired) electrons. The molecular formula is C15H17Cl2NS. The molecule has 0 saturated heterocycles. The lowest BCUT2D eigenvalue weighted by atomic mass is 9.95. The van der Waals surface area contributed by atoms with Gasteiger partial charge in [0.2, 0.25) is 0 Å². The Morgan fingerprint density at radius 3 is 2.47 bits per heavy atom. The molecule has 0 aliphatic carbocycles. The molecule has 0 spiro atoms. The van der Waals surface area contributed by atoms with Gasteiger partial charge in [-0.05, 0) is 35.7 Å². The largest absolute Gasteiger partial charge is 0.379 e. The van der Waals surface area contributed by atoms with Crippen LogP contribution in [0.15, 0.2) is 30.3 Å². The van der Waals surface area contributed by atoms with Crippen molar-refractivity contribution in [2.45, 2.75) is 32.7 Å². The van der Waals surface area contributed by atoms with E-state index in [1.807, 2.05) is 17.4 Å². The van der Waals surface area contributed by atoms with E-state index in [0.717, 1.165) is 12.2 Å². The molecule has 1 aromatic carbocycles. The summed E-state index contributed by atoms with van der Waals surface area (Å²) < 4.78 is 0. The van der Waals surface area contributed by atoms with Crippen LogP contribution in [-0.2, 0) is 12.0 Å². The molecule has 1 N–H and O–H groups in total. The zero-order chi connectivity index (χ0) is 14.0. The van der Waals surface area contributed by atoms with Gasteiger partial charge in [-0.25, -0.2) is 0 Å². The highest BCUT2D eigenvalue weighted by Crippen LogP contribution is 2.31. The van der Waals surface area contributed by atoms with Crippen molar-refractivity contribution in [2.75, 3.05) is 5.32 Å². The van der Waals surface area contributed by atoms with Crippen LogP contribution in [0.2, 0.25) is 10.0 Å². The molecule has 0 bridgehead atoms. The number of hydrogen-bond acceptors (Lipinski definition) is 2. The number of benzene rings is 1. The first-order chi connectivity index (χ1) is 8.86. The van der Waals surface area contributed by atoms with Crippen molar-refractivity contribution in [3.8, 4) is 0 Å². The number of rotatable bonds is 3. The number of thiophene rings is 1. The molecule has 1 nitrogen and oxygen atoms in total. The summed E-state index contributed by atoms with van der Waals surface area (Å²) in [5, 5.41) is 4.71. The minimum atomic E-state index is 0.205. The third-order valence-electron chi connectivity index (χ3n) is 2.78. The summed E-state index contributed by atoms with van der Waals surface area (Å²) in [4.78, 5) is 2.68. The molecule has 1 aromatic heterocycles. The van der Waals surface area contributed by atoms with Gasteiger partial charge in [-0.3, -0.25) is 0 Å². The van der Waals surface area contributed by atoms with Crippen molar-refractivity contribution in [1.82, 2.24) is 0 Å². The standard InChI is InChI=1S/C15H17Cl2NS/c1-15(2,3)14-7-5-11(19-14)9-18-13-8-10(16)4-6-12(13)17/h4-8,18H,9H2,1-3H3. The molecular weight excluding hydrogens is 297 g/mol. The van der Waals surface area contributed by atoms with Crippen LogP contribution >= 0.6 is 34.5 Å². The molecule has 0 fully saturated rings. The van der Waals surface area contributed by atoms with Crippen molar-refractivity contribution < 1.29 is 0 Å². The maximum atomic E-state index is 6.12. The van der Waals surface area contributed by atoms with Gasteiger partial charge in [0.1, 0.15) is 0 Å². The lowest BCUT2D eigenvalue weighted by molar-refractivity contribution is 0.604. The van der Waals surface area contributed by atoms with Crippen LogP contribution in [0.5, 0.6) is 0 Å². The van der Waals surface area contributed by atoms with Crippen LogP contribution in [0.1, 0.15) is 30.5 Å². The summed E-state index contributed by atoms with van der Waals surface area (Å²) in [5.41, 5.74) is 1.08. The van der Waals surface area contributed by atoms with E-state index in [1.54, 1.807) is 12.1 Å². The Morgan fingerprint density at radius 2 is 1.84 bits per heavy atom. The van der Waals surface area contributed by atoms with E-state index in [4.69, 9.17) is 23.2 Å². The third-order valence-corrected chi connectivity index (χ3v) is 4.86. The summed E-state index contributed by atoms with van der Waals surface area (Å²) in [6.45, 7) is 7.44. The van der Waals surface area contributed by atoms with E-state index in [1.165, 1.54) is 9.75 Å². The summed E-state index contributed by atoms with van der Waals surface area (Å²) in [7, 11) is 0. The zero-order valence-corrected chi connectivity index (χ0v) is 13.6. The first-order valence-corrected chi connectivity index (χ1v) is 7.71. The molecule has 0 unspecified atom stereocenters. The van der Waals surface area contributed by atoms with E-state index >= 15 is 0 Å². The molecule has 2 rings (SSSR count). The van der Waals surface area contributed by atoms with E-state index in [0.29, 0.717) is 10.0 Å². The summed E-state index contributed by atoms with van der Waals surface area (Å²) in [5.74, 6) is 0. The van der Waals surface area contributed by atoms with Crippen LogP contribution in [0.4, 0.5) is 5.69 Å². The van der Waals surface area contributed by atoms with Gasteiger partial charge >= 0.3 is 0 Å². The highest BCUT2D eigenvalue weighted by Gasteiger charge is 2.15. The molecule has 102 valence electrons. The lowest BCUT2D eigenvalue weighted by Gasteiger charge is -2.15. The van der Waals surface area contributed by atoms with E-state index in [-0.39, 0.29) is 5.41 Å². The summed E-state index contributed by atoms with van der Waals surface area (Å²) in [6.07, 6.45) is 0. The van der Waals surface area contributed by atoms with E-state index < -0.39 is 0 Å². The van der Waals surface area contributed by atoms with Gasteiger partial charge in [0.15, 0.2) is 0 Å². The Hall–Kier alpha value is -0.700. The zero-order valence-electron chi connectivity index (χ0n) is 11.3. The fraction of sp³-hybridized carbons (Fsp3) is 0.333.